The molecule has 0 aliphatic heterocycles. The van der Waals surface area contributed by atoms with E-state index in [1.165, 1.54) is 32.8 Å². The summed E-state index contributed by atoms with van der Waals surface area (Å²) in [5, 5.41) is 9.72. The number of aliphatic hydroxyl groups excluding tert-OH is 1. The highest BCUT2D eigenvalue weighted by molar-refractivity contribution is 5.70. The topological polar surface area (TPSA) is 72.8 Å². The summed E-state index contributed by atoms with van der Waals surface area (Å²) in [5.74, 6) is -0.582. The molecule has 0 saturated carbocycles. The molecule has 0 aliphatic rings. The summed E-state index contributed by atoms with van der Waals surface area (Å²) in [6.07, 6.45) is 8.47. The number of esters is 2. The van der Waals surface area contributed by atoms with E-state index in [1.807, 2.05) is 0 Å². The summed E-state index contributed by atoms with van der Waals surface area (Å²) in [6, 6.07) is 0. The summed E-state index contributed by atoms with van der Waals surface area (Å²) >= 11 is 0. The standard InChI is InChI=1S/C17H32O5/c1-3-4-5-6-7-10-13-22-17(20)14-15(18)11-8-9-12-16(19)21-2/h15,18H,3-14H2,1-2H3/t15-/m0/s1. The van der Waals surface area contributed by atoms with Crippen molar-refractivity contribution in [2.24, 2.45) is 0 Å². The van der Waals surface area contributed by atoms with Gasteiger partial charge in [0.15, 0.2) is 0 Å². The van der Waals surface area contributed by atoms with Crippen molar-refractivity contribution in [2.75, 3.05) is 13.7 Å². The van der Waals surface area contributed by atoms with Crippen molar-refractivity contribution in [3.05, 3.63) is 0 Å². The molecule has 0 aromatic heterocycles. The van der Waals surface area contributed by atoms with Crippen LogP contribution in [-0.4, -0.2) is 36.9 Å². The van der Waals surface area contributed by atoms with Gasteiger partial charge in [-0.1, -0.05) is 45.4 Å². The number of methoxy groups -OCH3 is 1. The van der Waals surface area contributed by atoms with Crippen molar-refractivity contribution in [3.63, 3.8) is 0 Å². The van der Waals surface area contributed by atoms with Gasteiger partial charge >= 0.3 is 11.9 Å². The Kier molecular flexibility index (Phi) is 14.1. The molecule has 0 aromatic carbocycles. The highest BCUT2D eigenvalue weighted by Crippen LogP contribution is 2.09. The zero-order chi connectivity index (χ0) is 16.6. The fourth-order valence-electron chi connectivity index (χ4n) is 2.17. The summed E-state index contributed by atoms with van der Waals surface area (Å²) < 4.78 is 9.64. The van der Waals surface area contributed by atoms with Gasteiger partial charge in [-0.3, -0.25) is 9.59 Å². The molecule has 0 aromatic rings. The van der Waals surface area contributed by atoms with Crippen LogP contribution in [0.5, 0.6) is 0 Å². The first-order chi connectivity index (χ1) is 10.6. The molecular weight excluding hydrogens is 284 g/mol. The number of carbonyl (C=O) groups excluding carboxylic acids is 2. The van der Waals surface area contributed by atoms with Crippen LogP contribution in [0.3, 0.4) is 0 Å². The van der Waals surface area contributed by atoms with Gasteiger partial charge in [0.25, 0.3) is 0 Å². The third-order valence-corrected chi connectivity index (χ3v) is 3.56. The van der Waals surface area contributed by atoms with E-state index in [9.17, 15) is 14.7 Å². The van der Waals surface area contributed by atoms with Crippen LogP contribution in [-0.2, 0) is 19.1 Å². The molecule has 5 nitrogen and oxygen atoms in total. The van der Waals surface area contributed by atoms with Crippen LogP contribution in [0, 0.1) is 0 Å². The van der Waals surface area contributed by atoms with Gasteiger partial charge in [-0.15, -0.1) is 0 Å². The average Bonchev–Trinajstić information content (AvgIpc) is 2.50. The van der Waals surface area contributed by atoms with Crippen molar-refractivity contribution in [3.8, 4) is 0 Å². The first kappa shape index (κ1) is 20.9. The van der Waals surface area contributed by atoms with Gasteiger partial charge in [0.05, 0.1) is 26.2 Å². The maximum atomic E-state index is 11.5. The predicted octanol–water partition coefficient (Wildman–Crippen LogP) is 3.37. The summed E-state index contributed by atoms with van der Waals surface area (Å²) in [4.78, 5) is 22.4. The van der Waals surface area contributed by atoms with Crippen molar-refractivity contribution < 1.29 is 24.2 Å². The van der Waals surface area contributed by atoms with E-state index in [-0.39, 0.29) is 18.4 Å². The lowest BCUT2D eigenvalue weighted by Crippen LogP contribution is -2.16. The molecule has 5 heteroatoms. The monoisotopic (exact) mass is 316 g/mol. The summed E-state index contributed by atoms with van der Waals surface area (Å²) in [6.45, 7) is 2.63. The van der Waals surface area contributed by atoms with Crippen molar-refractivity contribution >= 4 is 11.9 Å². The Hall–Kier alpha value is -1.10. The predicted molar refractivity (Wildman–Crippen MR) is 85.4 cm³/mol. The van der Waals surface area contributed by atoms with Gasteiger partial charge in [-0.2, -0.15) is 0 Å². The number of aliphatic hydroxyl groups is 1. The first-order valence-electron chi connectivity index (χ1n) is 8.50. The van der Waals surface area contributed by atoms with E-state index in [2.05, 4.69) is 11.7 Å². The normalized spacial score (nSPS) is 12.0. The van der Waals surface area contributed by atoms with Crippen LogP contribution < -0.4 is 0 Å². The fourth-order valence-corrected chi connectivity index (χ4v) is 2.17. The molecular formula is C17H32O5. The average molecular weight is 316 g/mol. The molecule has 0 aliphatic carbocycles. The zero-order valence-electron chi connectivity index (χ0n) is 14.1. The number of rotatable bonds is 14. The highest BCUT2D eigenvalue weighted by Gasteiger charge is 2.12. The summed E-state index contributed by atoms with van der Waals surface area (Å²) in [7, 11) is 1.36. The Bertz CT molecular complexity index is 291. The van der Waals surface area contributed by atoms with Crippen LogP contribution in [0.4, 0.5) is 0 Å². The molecule has 0 bridgehead atoms. The van der Waals surface area contributed by atoms with Gasteiger partial charge < -0.3 is 14.6 Å². The van der Waals surface area contributed by atoms with Crippen molar-refractivity contribution in [1.29, 1.82) is 0 Å². The largest absolute Gasteiger partial charge is 0.469 e. The number of hydrogen-bond donors (Lipinski definition) is 1. The van der Waals surface area contributed by atoms with E-state index in [0.29, 0.717) is 32.3 Å². The number of carbonyl (C=O) groups is 2. The van der Waals surface area contributed by atoms with E-state index in [0.717, 1.165) is 12.8 Å². The fraction of sp³-hybridized carbons (Fsp3) is 0.882. The number of ether oxygens (including phenoxy) is 2. The third-order valence-electron chi connectivity index (χ3n) is 3.56. The van der Waals surface area contributed by atoms with Crippen LogP contribution in [0.1, 0.15) is 77.6 Å². The Morgan fingerprint density at radius 2 is 1.64 bits per heavy atom. The molecule has 0 heterocycles. The van der Waals surface area contributed by atoms with E-state index < -0.39 is 6.10 Å². The lowest BCUT2D eigenvalue weighted by molar-refractivity contribution is -0.146. The zero-order valence-corrected chi connectivity index (χ0v) is 14.1. The van der Waals surface area contributed by atoms with Crippen LogP contribution >= 0.6 is 0 Å². The van der Waals surface area contributed by atoms with E-state index in [4.69, 9.17) is 4.74 Å². The molecule has 0 fully saturated rings. The smallest absolute Gasteiger partial charge is 0.308 e. The molecule has 130 valence electrons. The van der Waals surface area contributed by atoms with Crippen LogP contribution in [0.25, 0.3) is 0 Å². The van der Waals surface area contributed by atoms with Crippen LogP contribution in [0.15, 0.2) is 0 Å². The Balaban J connectivity index is 3.44. The molecule has 0 unspecified atom stereocenters. The number of hydrogen-bond acceptors (Lipinski definition) is 5. The minimum absolute atomic E-state index is 0.0358. The summed E-state index contributed by atoms with van der Waals surface area (Å²) in [5.41, 5.74) is 0. The molecule has 1 atom stereocenters. The van der Waals surface area contributed by atoms with Crippen molar-refractivity contribution in [1.82, 2.24) is 0 Å². The second kappa shape index (κ2) is 14.8. The Labute approximate surface area is 134 Å². The quantitative estimate of drug-likeness (QED) is 0.393. The number of unbranched alkanes of at least 4 members (excludes halogenated alkanes) is 6. The highest BCUT2D eigenvalue weighted by atomic mass is 16.5. The third kappa shape index (κ3) is 13.9. The Morgan fingerprint density at radius 3 is 2.32 bits per heavy atom. The molecule has 0 spiro atoms. The molecule has 0 saturated heterocycles. The minimum Gasteiger partial charge on any atom is -0.469 e. The lowest BCUT2D eigenvalue weighted by atomic mass is 10.1. The second-order valence-corrected chi connectivity index (χ2v) is 5.67. The van der Waals surface area contributed by atoms with Gasteiger partial charge in [-0.05, 0) is 19.3 Å². The van der Waals surface area contributed by atoms with Gasteiger partial charge in [0, 0.05) is 6.42 Å². The van der Waals surface area contributed by atoms with E-state index in [1.54, 1.807) is 0 Å². The minimum atomic E-state index is -0.685. The molecule has 1 N–H and O–H groups in total. The Morgan fingerprint density at radius 1 is 0.955 bits per heavy atom. The second-order valence-electron chi connectivity index (χ2n) is 5.67. The SMILES string of the molecule is CCCCCCCCOC(=O)C[C@@H](O)CCCCC(=O)OC. The van der Waals surface area contributed by atoms with Gasteiger partial charge in [0.1, 0.15) is 0 Å². The molecule has 22 heavy (non-hydrogen) atoms. The maximum absolute atomic E-state index is 11.5. The van der Waals surface area contributed by atoms with Crippen LogP contribution in [0.2, 0.25) is 0 Å². The van der Waals surface area contributed by atoms with E-state index >= 15 is 0 Å². The molecule has 0 rings (SSSR count). The first-order valence-corrected chi connectivity index (χ1v) is 8.50. The van der Waals surface area contributed by atoms with Crippen molar-refractivity contribution in [2.45, 2.75) is 83.7 Å². The molecule has 0 amide bonds. The lowest BCUT2D eigenvalue weighted by Gasteiger charge is -2.10. The van der Waals surface area contributed by atoms with Gasteiger partial charge in [0.2, 0.25) is 0 Å². The van der Waals surface area contributed by atoms with Gasteiger partial charge in [-0.25, -0.2) is 0 Å². The molecule has 0 radical (unpaired) electrons. The maximum Gasteiger partial charge on any atom is 0.308 e.